The molecule has 4 rings (SSSR count). The van der Waals surface area contributed by atoms with Gasteiger partial charge in [-0.2, -0.15) is 4.98 Å². The van der Waals surface area contributed by atoms with Gasteiger partial charge < -0.3 is 16.0 Å². The SMILES string of the molecule is CCc1ccc(NC(=O)C2CC(=O)Nc3nc(Nc4cc(Cl)cc(Cl)c4)[nH]c(=O)c32)cc1. The summed E-state index contributed by atoms with van der Waals surface area (Å²) in [7, 11) is 0. The van der Waals surface area contributed by atoms with Gasteiger partial charge in [-0.15, -0.1) is 0 Å². The number of H-pyrrole nitrogens is 1. The average Bonchev–Trinajstić information content (AvgIpc) is 2.72. The van der Waals surface area contributed by atoms with E-state index in [0.717, 1.165) is 12.0 Å². The molecule has 10 heteroatoms. The molecule has 1 unspecified atom stereocenters. The molecule has 2 amide bonds. The normalized spacial score (nSPS) is 15.0. The number of anilines is 4. The predicted octanol–water partition coefficient (Wildman–Crippen LogP) is 4.45. The van der Waals surface area contributed by atoms with E-state index in [2.05, 4.69) is 25.9 Å². The van der Waals surface area contributed by atoms with Crippen molar-refractivity contribution in [2.45, 2.75) is 25.7 Å². The third kappa shape index (κ3) is 4.76. The maximum Gasteiger partial charge on any atom is 0.258 e. The molecule has 0 aliphatic carbocycles. The summed E-state index contributed by atoms with van der Waals surface area (Å²) in [6.45, 7) is 2.04. The molecule has 1 aliphatic rings. The smallest absolute Gasteiger partial charge is 0.258 e. The highest BCUT2D eigenvalue weighted by Gasteiger charge is 2.34. The molecule has 1 aromatic heterocycles. The van der Waals surface area contributed by atoms with Gasteiger partial charge in [0.1, 0.15) is 5.82 Å². The van der Waals surface area contributed by atoms with E-state index in [1.807, 2.05) is 19.1 Å². The van der Waals surface area contributed by atoms with E-state index in [1.165, 1.54) is 0 Å². The number of carbonyl (C=O) groups is 2. The number of hydrogen-bond donors (Lipinski definition) is 4. The Bertz CT molecular complexity index is 1240. The third-order valence-corrected chi connectivity index (χ3v) is 5.46. The number of halogens is 2. The molecular weight excluding hydrogens is 453 g/mol. The van der Waals surface area contributed by atoms with Crippen LogP contribution in [0.25, 0.3) is 0 Å². The second-order valence-corrected chi connectivity index (χ2v) is 8.18. The highest BCUT2D eigenvalue weighted by molar-refractivity contribution is 6.35. The maximum absolute atomic E-state index is 12.9. The number of aromatic amines is 1. The topological polar surface area (TPSA) is 116 Å². The van der Waals surface area contributed by atoms with Crippen LogP contribution in [0.5, 0.6) is 0 Å². The van der Waals surface area contributed by atoms with Crippen LogP contribution in [0, 0.1) is 0 Å². The summed E-state index contributed by atoms with van der Waals surface area (Å²) in [5.74, 6) is -1.74. The Morgan fingerprint density at radius 3 is 2.44 bits per heavy atom. The van der Waals surface area contributed by atoms with Crippen LogP contribution in [0.1, 0.15) is 30.4 Å². The van der Waals surface area contributed by atoms with Gasteiger partial charge in [-0.05, 0) is 42.3 Å². The Morgan fingerprint density at radius 2 is 1.78 bits per heavy atom. The van der Waals surface area contributed by atoms with Crippen molar-refractivity contribution in [3.63, 3.8) is 0 Å². The number of rotatable bonds is 5. The van der Waals surface area contributed by atoms with Gasteiger partial charge in [-0.25, -0.2) is 0 Å². The number of hydrogen-bond acceptors (Lipinski definition) is 5. The molecule has 0 bridgehead atoms. The fourth-order valence-electron chi connectivity index (χ4n) is 3.47. The summed E-state index contributed by atoms with van der Waals surface area (Å²) in [6, 6.07) is 12.2. The number of fused-ring (bicyclic) bond motifs is 1. The van der Waals surface area contributed by atoms with Crippen LogP contribution in [0.15, 0.2) is 47.3 Å². The molecule has 8 nitrogen and oxygen atoms in total. The van der Waals surface area contributed by atoms with Crippen molar-refractivity contribution >= 4 is 58.2 Å². The van der Waals surface area contributed by atoms with E-state index in [-0.39, 0.29) is 23.8 Å². The Balaban J connectivity index is 1.62. The molecular formula is C22H19Cl2N5O3. The fraction of sp³-hybridized carbons (Fsp3) is 0.182. The molecule has 0 radical (unpaired) electrons. The number of nitrogens with one attached hydrogen (secondary N) is 4. The summed E-state index contributed by atoms with van der Waals surface area (Å²) in [4.78, 5) is 44.9. The number of aromatic nitrogens is 2. The first-order chi connectivity index (χ1) is 15.3. The van der Waals surface area contributed by atoms with Crippen molar-refractivity contribution in [2.24, 2.45) is 0 Å². The van der Waals surface area contributed by atoms with E-state index in [9.17, 15) is 14.4 Å². The first kappa shape index (κ1) is 21.9. The first-order valence-electron chi connectivity index (χ1n) is 9.89. The molecule has 3 aromatic rings. The van der Waals surface area contributed by atoms with Gasteiger partial charge in [0.2, 0.25) is 17.8 Å². The largest absolute Gasteiger partial charge is 0.326 e. The van der Waals surface area contributed by atoms with E-state index in [1.54, 1.807) is 30.3 Å². The summed E-state index contributed by atoms with van der Waals surface area (Å²) >= 11 is 12.0. The highest BCUT2D eigenvalue weighted by atomic mass is 35.5. The lowest BCUT2D eigenvalue weighted by molar-refractivity contribution is -0.123. The molecule has 0 saturated heterocycles. The standard InChI is InChI=1S/C22H19Cl2N5O3/c1-2-11-3-5-14(6-4-11)25-20(31)16-10-17(30)27-19-18(16)21(32)29-22(28-19)26-15-8-12(23)7-13(24)9-15/h3-9,16H,2,10H2,1H3,(H,25,31)(H3,26,27,28,29,30,32). The second-order valence-electron chi connectivity index (χ2n) is 7.30. The Labute approximate surface area is 193 Å². The minimum atomic E-state index is -0.976. The van der Waals surface area contributed by atoms with Gasteiger partial charge in [0.05, 0.1) is 11.5 Å². The summed E-state index contributed by atoms with van der Waals surface area (Å²) in [5, 5.41) is 9.04. The molecule has 164 valence electrons. The average molecular weight is 472 g/mol. The summed E-state index contributed by atoms with van der Waals surface area (Å²) in [6.07, 6.45) is 0.719. The Hall–Kier alpha value is -3.36. The first-order valence-corrected chi connectivity index (χ1v) is 10.6. The molecule has 32 heavy (non-hydrogen) atoms. The molecule has 2 heterocycles. The highest BCUT2D eigenvalue weighted by Crippen LogP contribution is 2.31. The van der Waals surface area contributed by atoms with Crippen LogP contribution < -0.4 is 21.5 Å². The van der Waals surface area contributed by atoms with Crippen molar-refractivity contribution in [3.8, 4) is 0 Å². The van der Waals surface area contributed by atoms with Gasteiger partial charge in [-0.3, -0.25) is 19.4 Å². The number of nitrogens with zero attached hydrogens (tertiary/aromatic N) is 1. The molecule has 2 aromatic carbocycles. The maximum atomic E-state index is 12.9. The van der Waals surface area contributed by atoms with Crippen LogP contribution in [0.4, 0.5) is 23.1 Å². The second kappa shape index (κ2) is 9.02. The Kier molecular flexibility index (Phi) is 6.16. The van der Waals surface area contributed by atoms with Crippen LogP contribution in [-0.2, 0) is 16.0 Å². The number of carbonyl (C=O) groups excluding carboxylic acids is 2. The predicted molar refractivity (Wildman–Crippen MR) is 125 cm³/mol. The molecule has 0 spiro atoms. The van der Waals surface area contributed by atoms with E-state index in [0.29, 0.717) is 21.4 Å². The van der Waals surface area contributed by atoms with Crippen LogP contribution >= 0.6 is 23.2 Å². The van der Waals surface area contributed by atoms with Crippen molar-refractivity contribution in [1.29, 1.82) is 0 Å². The Morgan fingerprint density at radius 1 is 1.09 bits per heavy atom. The van der Waals surface area contributed by atoms with Crippen molar-refractivity contribution in [1.82, 2.24) is 9.97 Å². The van der Waals surface area contributed by atoms with E-state index in [4.69, 9.17) is 23.2 Å². The van der Waals surface area contributed by atoms with Gasteiger partial charge >= 0.3 is 0 Å². The van der Waals surface area contributed by atoms with Gasteiger partial charge in [-0.1, -0.05) is 42.3 Å². The number of aryl methyl sites for hydroxylation is 1. The minimum Gasteiger partial charge on any atom is -0.326 e. The molecule has 0 fully saturated rings. The van der Waals surface area contributed by atoms with Crippen LogP contribution in [0.2, 0.25) is 10.0 Å². The fourth-order valence-corrected chi connectivity index (χ4v) is 4.00. The number of benzene rings is 2. The third-order valence-electron chi connectivity index (χ3n) is 5.02. The van der Waals surface area contributed by atoms with Gasteiger partial charge in [0.25, 0.3) is 5.56 Å². The minimum absolute atomic E-state index is 0.0297. The van der Waals surface area contributed by atoms with Gasteiger partial charge in [0, 0.05) is 27.8 Å². The quantitative estimate of drug-likeness (QED) is 0.438. The molecule has 4 N–H and O–H groups in total. The van der Waals surface area contributed by atoms with E-state index >= 15 is 0 Å². The molecule has 1 atom stereocenters. The van der Waals surface area contributed by atoms with Crippen LogP contribution in [0.3, 0.4) is 0 Å². The lowest BCUT2D eigenvalue weighted by Gasteiger charge is -2.23. The van der Waals surface area contributed by atoms with E-state index < -0.39 is 23.3 Å². The number of amides is 2. The lowest BCUT2D eigenvalue weighted by atomic mass is 9.92. The van der Waals surface area contributed by atoms with Crippen molar-refractivity contribution in [3.05, 3.63) is 74.0 Å². The van der Waals surface area contributed by atoms with Crippen molar-refractivity contribution in [2.75, 3.05) is 16.0 Å². The van der Waals surface area contributed by atoms with Crippen LogP contribution in [-0.4, -0.2) is 21.8 Å². The zero-order chi connectivity index (χ0) is 22.8. The molecule has 1 aliphatic heterocycles. The monoisotopic (exact) mass is 471 g/mol. The lowest BCUT2D eigenvalue weighted by Crippen LogP contribution is -2.36. The molecule has 0 saturated carbocycles. The van der Waals surface area contributed by atoms with Crippen molar-refractivity contribution < 1.29 is 9.59 Å². The zero-order valence-electron chi connectivity index (χ0n) is 17.0. The summed E-state index contributed by atoms with van der Waals surface area (Å²) < 4.78 is 0. The van der Waals surface area contributed by atoms with Gasteiger partial charge in [0.15, 0.2) is 0 Å². The summed E-state index contributed by atoms with van der Waals surface area (Å²) in [5.41, 5.74) is 1.78. The zero-order valence-corrected chi connectivity index (χ0v) is 18.5.